The number of benzene rings is 1. The lowest BCUT2D eigenvalue weighted by atomic mass is 9.86. The van der Waals surface area contributed by atoms with Gasteiger partial charge in [0, 0.05) is 0 Å². The standard InChI is InChI=1S/C11H16O.C7H4.H2O/c1-11(2,3)9-7-5-6-8-10(9)12-4;1-3-5-7-6-4-2;/h5-8H,1-4H3;1H,2H3;1H2. The van der Waals surface area contributed by atoms with Crippen LogP contribution in [0.1, 0.15) is 33.3 Å². The molecule has 0 aromatic heterocycles. The number of rotatable bonds is 1. The molecule has 0 aliphatic rings. The van der Waals surface area contributed by atoms with Gasteiger partial charge in [-0.3, -0.25) is 0 Å². The Bertz CT molecular complexity index is 549. The van der Waals surface area contributed by atoms with E-state index in [0.29, 0.717) is 0 Å². The highest BCUT2D eigenvalue weighted by molar-refractivity contribution is 5.38. The second-order valence-electron chi connectivity index (χ2n) is 4.72. The third-order valence-electron chi connectivity index (χ3n) is 2.24. The minimum atomic E-state index is 0. The number of terminal acetylenes is 1. The Morgan fingerprint density at radius 3 is 2.05 bits per heavy atom. The van der Waals surface area contributed by atoms with E-state index in [1.165, 1.54) is 5.56 Å². The van der Waals surface area contributed by atoms with Crippen molar-refractivity contribution in [3.63, 3.8) is 0 Å². The Morgan fingerprint density at radius 2 is 1.65 bits per heavy atom. The highest BCUT2D eigenvalue weighted by Crippen LogP contribution is 2.30. The van der Waals surface area contributed by atoms with E-state index in [-0.39, 0.29) is 10.9 Å². The first-order valence-corrected chi connectivity index (χ1v) is 5.98. The van der Waals surface area contributed by atoms with Crippen LogP contribution in [-0.4, -0.2) is 12.6 Å². The molecule has 106 valence electrons. The molecule has 0 radical (unpaired) electrons. The largest absolute Gasteiger partial charge is 0.496 e. The average Bonchev–Trinajstić information content (AvgIpc) is 2.39. The molecule has 1 rings (SSSR count). The zero-order valence-corrected chi connectivity index (χ0v) is 12.8. The van der Waals surface area contributed by atoms with Gasteiger partial charge in [0.1, 0.15) is 5.75 Å². The van der Waals surface area contributed by atoms with Crippen molar-refractivity contribution in [2.45, 2.75) is 33.1 Å². The van der Waals surface area contributed by atoms with Crippen molar-refractivity contribution < 1.29 is 10.2 Å². The number of para-hydroxylation sites is 1. The summed E-state index contributed by atoms with van der Waals surface area (Å²) >= 11 is 0. The minimum absolute atomic E-state index is 0. The van der Waals surface area contributed by atoms with E-state index >= 15 is 0 Å². The first kappa shape index (κ1) is 20.0. The van der Waals surface area contributed by atoms with Gasteiger partial charge in [0.05, 0.1) is 7.11 Å². The Kier molecular flexibility index (Phi) is 10.6. The molecule has 1 aromatic rings. The van der Waals surface area contributed by atoms with Gasteiger partial charge in [-0.05, 0) is 47.7 Å². The van der Waals surface area contributed by atoms with Crippen molar-refractivity contribution in [2.24, 2.45) is 0 Å². The molecule has 0 amide bonds. The van der Waals surface area contributed by atoms with Crippen molar-refractivity contribution >= 4 is 0 Å². The maximum atomic E-state index is 5.27. The molecular weight excluding hydrogens is 248 g/mol. The van der Waals surface area contributed by atoms with Crippen LogP contribution in [0.4, 0.5) is 0 Å². The summed E-state index contributed by atoms with van der Waals surface area (Å²) in [7, 11) is 1.71. The second kappa shape index (κ2) is 10.6. The molecule has 0 aliphatic heterocycles. The lowest BCUT2D eigenvalue weighted by Gasteiger charge is -2.21. The van der Waals surface area contributed by atoms with Crippen LogP contribution >= 0.6 is 0 Å². The smallest absolute Gasteiger partial charge is 0.122 e. The molecule has 2 N–H and O–H groups in total. The third kappa shape index (κ3) is 7.88. The van der Waals surface area contributed by atoms with Gasteiger partial charge in [-0.2, -0.15) is 0 Å². The molecule has 0 unspecified atom stereocenters. The SMILES string of the molecule is C#CC#CC#CC.COc1ccccc1C(C)(C)C.O. The van der Waals surface area contributed by atoms with Gasteiger partial charge in [-0.1, -0.05) is 44.9 Å². The van der Waals surface area contributed by atoms with Gasteiger partial charge in [-0.25, -0.2) is 0 Å². The summed E-state index contributed by atoms with van der Waals surface area (Å²) < 4.78 is 5.27. The topological polar surface area (TPSA) is 40.7 Å². The monoisotopic (exact) mass is 270 g/mol. The van der Waals surface area contributed by atoms with Crippen molar-refractivity contribution in [2.75, 3.05) is 7.11 Å². The van der Waals surface area contributed by atoms with Crippen LogP contribution < -0.4 is 4.74 Å². The average molecular weight is 270 g/mol. The zero-order valence-electron chi connectivity index (χ0n) is 12.8. The Labute approximate surface area is 122 Å². The summed E-state index contributed by atoms with van der Waals surface area (Å²) in [6.07, 6.45) is 4.78. The Morgan fingerprint density at radius 1 is 1.05 bits per heavy atom. The normalized spacial score (nSPS) is 8.00. The highest BCUT2D eigenvalue weighted by atomic mass is 16.5. The van der Waals surface area contributed by atoms with Crippen molar-refractivity contribution in [1.82, 2.24) is 0 Å². The number of ether oxygens (including phenoxy) is 1. The molecular formula is C18H22O2. The van der Waals surface area contributed by atoms with Crippen molar-refractivity contribution in [1.29, 1.82) is 0 Å². The van der Waals surface area contributed by atoms with Gasteiger partial charge in [0.2, 0.25) is 0 Å². The maximum absolute atomic E-state index is 5.27. The predicted molar refractivity (Wildman–Crippen MR) is 85.4 cm³/mol. The van der Waals surface area contributed by atoms with Crippen LogP contribution in [0, 0.1) is 36.0 Å². The lowest BCUT2D eigenvalue weighted by molar-refractivity contribution is 0.397. The predicted octanol–water partition coefficient (Wildman–Crippen LogP) is 2.81. The Hall–Kier alpha value is -2.34. The highest BCUT2D eigenvalue weighted by Gasteiger charge is 2.17. The molecule has 2 nitrogen and oxygen atoms in total. The van der Waals surface area contributed by atoms with E-state index < -0.39 is 0 Å². The molecule has 0 fully saturated rings. The minimum Gasteiger partial charge on any atom is -0.496 e. The van der Waals surface area contributed by atoms with E-state index in [2.05, 4.69) is 56.4 Å². The summed E-state index contributed by atoms with van der Waals surface area (Å²) in [5, 5.41) is 0. The second-order valence-corrected chi connectivity index (χ2v) is 4.72. The first-order valence-electron chi connectivity index (χ1n) is 5.98. The fraction of sp³-hybridized carbons (Fsp3) is 0.333. The molecule has 0 heterocycles. The fourth-order valence-corrected chi connectivity index (χ4v) is 1.39. The molecule has 0 saturated heterocycles. The summed E-state index contributed by atoms with van der Waals surface area (Å²) in [4.78, 5) is 0. The van der Waals surface area contributed by atoms with Gasteiger partial charge in [0.25, 0.3) is 0 Å². The quantitative estimate of drug-likeness (QED) is 0.723. The molecule has 0 saturated carbocycles. The van der Waals surface area contributed by atoms with Crippen LogP contribution in [0.15, 0.2) is 24.3 Å². The van der Waals surface area contributed by atoms with Crippen LogP contribution in [0.2, 0.25) is 0 Å². The van der Waals surface area contributed by atoms with E-state index in [0.717, 1.165) is 5.75 Å². The third-order valence-corrected chi connectivity index (χ3v) is 2.24. The van der Waals surface area contributed by atoms with E-state index in [9.17, 15) is 0 Å². The summed E-state index contributed by atoms with van der Waals surface area (Å²) in [5.74, 6) is 13.0. The van der Waals surface area contributed by atoms with Gasteiger partial charge >= 0.3 is 0 Å². The van der Waals surface area contributed by atoms with Crippen LogP contribution in [0.5, 0.6) is 5.75 Å². The van der Waals surface area contributed by atoms with E-state index in [1.54, 1.807) is 14.0 Å². The number of methoxy groups -OCH3 is 1. The molecule has 1 aromatic carbocycles. The van der Waals surface area contributed by atoms with E-state index in [4.69, 9.17) is 11.2 Å². The number of hydrogen-bond donors (Lipinski definition) is 0. The molecule has 0 atom stereocenters. The number of hydrogen-bond acceptors (Lipinski definition) is 1. The fourth-order valence-electron chi connectivity index (χ4n) is 1.39. The molecule has 2 heteroatoms. The molecule has 0 aliphatic carbocycles. The van der Waals surface area contributed by atoms with Crippen molar-refractivity contribution in [3.8, 4) is 41.8 Å². The summed E-state index contributed by atoms with van der Waals surface area (Å²) in [6, 6.07) is 8.15. The van der Waals surface area contributed by atoms with Crippen LogP contribution in [0.25, 0.3) is 0 Å². The molecule has 20 heavy (non-hydrogen) atoms. The Balaban J connectivity index is 0. The molecule has 0 bridgehead atoms. The maximum Gasteiger partial charge on any atom is 0.122 e. The summed E-state index contributed by atoms with van der Waals surface area (Å²) in [6.45, 7) is 8.27. The lowest BCUT2D eigenvalue weighted by Crippen LogP contribution is -2.12. The summed E-state index contributed by atoms with van der Waals surface area (Å²) in [5.41, 5.74) is 1.42. The van der Waals surface area contributed by atoms with Gasteiger partial charge < -0.3 is 10.2 Å². The van der Waals surface area contributed by atoms with Crippen LogP contribution in [0.3, 0.4) is 0 Å². The van der Waals surface area contributed by atoms with Gasteiger partial charge in [0.15, 0.2) is 0 Å². The van der Waals surface area contributed by atoms with E-state index in [1.807, 2.05) is 18.2 Å². The van der Waals surface area contributed by atoms with Crippen LogP contribution in [-0.2, 0) is 5.41 Å². The molecule has 0 spiro atoms. The first-order chi connectivity index (χ1) is 8.97. The zero-order chi connectivity index (χ0) is 14.7. The van der Waals surface area contributed by atoms with Gasteiger partial charge in [-0.15, -0.1) is 6.42 Å². The van der Waals surface area contributed by atoms with Crippen molar-refractivity contribution in [3.05, 3.63) is 29.8 Å².